The van der Waals surface area contributed by atoms with Crippen molar-refractivity contribution < 1.29 is 14.3 Å². The van der Waals surface area contributed by atoms with Crippen LogP contribution in [-0.2, 0) is 4.79 Å². The molecule has 0 bridgehead atoms. The van der Waals surface area contributed by atoms with Gasteiger partial charge in [0.05, 0.1) is 27.9 Å². The van der Waals surface area contributed by atoms with Crippen LogP contribution in [0.1, 0.15) is 30.1 Å². The molecule has 1 saturated heterocycles. The lowest BCUT2D eigenvalue weighted by Gasteiger charge is -2.36. The van der Waals surface area contributed by atoms with Crippen LogP contribution >= 0.6 is 27.5 Å². The molecule has 0 saturated carbocycles. The highest BCUT2D eigenvalue weighted by atomic mass is 79.9. The van der Waals surface area contributed by atoms with Crippen molar-refractivity contribution >= 4 is 61.5 Å². The maximum Gasteiger partial charge on any atom is 0.259 e. The number of nitrogens with zero attached hydrogens (tertiary/aromatic N) is 2. The molecule has 0 aromatic heterocycles. The van der Waals surface area contributed by atoms with Gasteiger partial charge in [-0.15, -0.1) is 0 Å². The smallest absolute Gasteiger partial charge is 0.259 e. The van der Waals surface area contributed by atoms with Crippen LogP contribution in [0.15, 0.2) is 53.0 Å². The van der Waals surface area contributed by atoms with E-state index in [4.69, 9.17) is 16.3 Å². The molecule has 1 aliphatic rings. The first-order chi connectivity index (χ1) is 16.4. The molecule has 178 valence electrons. The molecule has 1 aliphatic heterocycles. The summed E-state index contributed by atoms with van der Waals surface area (Å²) in [6.07, 6.45) is 1.45. The zero-order valence-electron chi connectivity index (χ0n) is 19.2. The van der Waals surface area contributed by atoms with Crippen LogP contribution < -0.4 is 15.0 Å². The SMILES string of the molecule is CCCC(=O)N1CCN(c2ccc(NC(=O)c3cc4ccccc4c(Br)c3OC)cc2Cl)CC1. The van der Waals surface area contributed by atoms with Crippen LogP contribution in [0.5, 0.6) is 5.75 Å². The van der Waals surface area contributed by atoms with Crippen molar-refractivity contribution in [2.45, 2.75) is 19.8 Å². The zero-order valence-corrected chi connectivity index (χ0v) is 21.6. The predicted octanol–water partition coefficient (Wildman–Crippen LogP) is 5.97. The van der Waals surface area contributed by atoms with E-state index < -0.39 is 0 Å². The lowest BCUT2D eigenvalue weighted by Crippen LogP contribution is -2.48. The normalized spacial score (nSPS) is 13.8. The van der Waals surface area contributed by atoms with E-state index in [-0.39, 0.29) is 11.8 Å². The second-order valence-corrected chi connectivity index (χ2v) is 9.43. The van der Waals surface area contributed by atoms with Crippen LogP contribution in [0, 0.1) is 0 Å². The fraction of sp³-hybridized carbons (Fsp3) is 0.308. The van der Waals surface area contributed by atoms with Crippen molar-refractivity contribution in [2.24, 2.45) is 0 Å². The molecule has 3 aromatic rings. The predicted molar refractivity (Wildman–Crippen MR) is 141 cm³/mol. The first-order valence-electron chi connectivity index (χ1n) is 11.3. The number of hydrogen-bond acceptors (Lipinski definition) is 4. The minimum Gasteiger partial charge on any atom is -0.495 e. The van der Waals surface area contributed by atoms with Gasteiger partial charge in [0.15, 0.2) is 0 Å². The number of halogens is 2. The highest BCUT2D eigenvalue weighted by Crippen LogP contribution is 2.37. The van der Waals surface area contributed by atoms with Crippen molar-refractivity contribution in [1.82, 2.24) is 4.90 Å². The molecule has 4 rings (SSSR count). The van der Waals surface area contributed by atoms with Crippen molar-refractivity contribution in [3.05, 3.63) is 63.6 Å². The number of carbonyl (C=O) groups excluding carboxylic acids is 2. The Morgan fingerprint density at radius 1 is 1.09 bits per heavy atom. The molecule has 0 atom stereocenters. The van der Waals surface area contributed by atoms with Gasteiger partial charge in [0.1, 0.15) is 5.75 Å². The first-order valence-corrected chi connectivity index (χ1v) is 12.5. The van der Waals surface area contributed by atoms with E-state index in [0.717, 1.165) is 40.4 Å². The minimum atomic E-state index is -0.282. The maximum absolute atomic E-state index is 13.1. The summed E-state index contributed by atoms with van der Waals surface area (Å²) in [5.74, 6) is 0.409. The van der Waals surface area contributed by atoms with Gasteiger partial charge in [-0.05, 0) is 57.4 Å². The number of carbonyl (C=O) groups is 2. The monoisotopic (exact) mass is 543 g/mol. The zero-order chi connectivity index (χ0) is 24.2. The molecule has 0 spiro atoms. The molecule has 3 aromatic carbocycles. The standard InChI is InChI=1S/C26H27BrClN3O3/c1-3-6-23(32)31-13-11-30(12-14-31)22-10-9-18(16-21(22)28)29-26(33)20-15-17-7-4-5-8-19(17)24(27)25(20)34-2/h4-5,7-10,15-16H,3,6,11-14H2,1-2H3,(H,29,33). The topological polar surface area (TPSA) is 61.9 Å². The Labute approximate surface area is 212 Å². The lowest BCUT2D eigenvalue weighted by molar-refractivity contribution is -0.131. The second kappa shape index (κ2) is 10.7. The van der Waals surface area contributed by atoms with E-state index in [1.54, 1.807) is 13.2 Å². The quantitative estimate of drug-likeness (QED) is 0.416. The van der Waals surface area contributed by atoms with Gasteiger partial charge in [0.2, 0.25) is 5.91 Å². The van der Waals surface area contributed by atoms with E-state index >= 15 is 0 Å². The number of fused-ring (bicyclic) bond motifs is 1. The van der Waals surface area contributed by atoms with Gasteiger partial charge < -0.3 is 19.9 Å². The molecule has 1 N–H and O–H groups in total. The summed E-state index contributed by atoms with van der Waals surface area (Å²) in [6, 6.07) is 15.1. The summed E-state index contributed by atoms with van der Waals surface area (Å²) in [4.78, 5) is 29.4. The van der Waals surface area contributed by atoms with Gasteiger partial charge in [0.25, 0.3) is 5.91 Å². The second-order valence-electron chi connectivity index (χ2n) is 8.23. The number of nitrogens with one attached hydrogen (secondary N) is 1. The van der Waals surface area contributed by atoms with E-state index in [1.165, 1.54) is 0 Å². The molecule has 6 nitrogen and oxygen atoms in total. The van der Waals surface area contributed by atoms with Crippen molar-refractivity contribution in [3.63, 3.8) is 0 Å². The fourth-order valence-corrected chi connectivity index (χ4v) is 5.30. The Bertz CT molecular complexity index is 1230. The number of rotatable bonds is 6. The molecule has 0 radical (unpaired) electrons. The number of hydrogen-bond donors (Lipinski definition) is 1. The average molecular weight is 545 g/mol. The molecule has 0 unspecified atom stereocenters. The highest BCUT2D eigenvalue weighted by molar-refractivity contribution is 9.10. The van der Waals surface area contributed by atoms with E-state index in [1.807, 2.05) is 54.3 Å². The molecule has 8 heteroatoms. The molecule has 2 amide bonds. The van der Waals surface area contributed by atoms with Gasteiger partial charge in [-0.1, -0.05) is 42.8 Å². The third-order valence-electron chi connectivity index (χ3n) is 6.03. The average Bonchev–Trinajstić information content (AvgIpc) is 2.84. The summed E-state index contributed by atoms with van der Waals surface area (Å²) < 4.78 is 6.28. The summed E-state index contributed by atoms with van der Waals surface area (Å²) in [7, 11) is 1.55. The van der Waals surface area contributed by atoms with E-state index in [9.17, 15) is 9.59 Å². The lowest BCUT2D eigenvalue weighted by atomic mass is 10.0. The van der Waals surface area contributed by atoms with Gasteiger partial charge in [-0.25, -0.2) is 0 Å². The van der Waals surface area contributed by atoms with Crippen LogP contribution in [0.25, 0.3) is 10.8 Å². The summed E-state index contributed by atoms with van der Waals surface area (Å²) in [5.41, 5.74) is 1.93. The highest BCUT2D eigenvalue weighted by Gasteiger charge is 2.23. The van der Waals surface area contributed by atoms with Crippen LogP contribution in [0.4, 0.5) is 11.4 Å². The Morgan fingerprint density at radius 2 is 1.82 bits per heavy atom. The Balaban J connectivity index is 1.49. The number of methoxy groups -OCH3 is 1. The van der Waals surface area contributed by atoms with Crippen molar-refractivity contribution in [2.75, 3.05) is 43.5 Å². The first kappa shape index (κ1) is 24.4. The van der Waals surface area contributed by atoms with Crippen LogP contribution in [0.2, 0.25) is 5.02 Å². The van der Waals surface area contributed by atoms with Gasteiger partial charge in [-0.2, -0.15) is 0 Å². The number of amides is 2. The summed E-state index contributed by atoms with van der Waals surface area (Å²) in [6.45, 7) is 4.84. The van der Waals surface area contributed by atoms with Crippen LogP contribution in [-0.4, -0.2) is 50.0 Å². The molecular formula is C26H27BrClN3O3. The summed E-state index contributed by atoms with van der Waals surface area (Å²) in [5, 5.41) is 5.40. The van der Waals surface area contributed by atoms with Crippen molar-refractivity contribution in [3.8, 4) is 5.75 Å². The number of piperazine rings is 1. The maximum atomic E-state index is 13.1. The Hall–Kier alpha value is -2.77. The number of ether oxygens (including phenoxy) is 1. The van der Waals surface area contributed by atoms with E-state index in [2.05, 4.69) is 26.1 Å². The van der Waals surface area contributed by atoms with Gasteiger partial charge in [-0.3, -0.25) is 9.59 Å². The van der Waals surface area contributed by atoms with Crippen LogP contribution in [0.3, 0.4) is 0 Å². The molecule has 34 heavy (non-hydrogen) atoms. The molecule has 1 fully saturated rings. The fourth-order valence-electron chi connectivity index (χ4n) is 4.26. The minimum absolute atomic E-state index is 0.210. The van der Waals surface area contributed by atoms with Gasteiger partial charge >= 0.3 is 0 Å². The third-order valence-corrected chi connectivity index (χ3v) is 7.12. The molecule has 0 aliphatic carbocycles. The van der Waals surface area contributed by atoms with Gasteiger partial charge in [0, 0.05) is 38.3 Å². The molecule has 1 heterocycles. The molecular weight excluding hydrogens is 518 g/mol. The number of benzene rings is 3. The number of anilines is 2. The Kier molecular flexibility index (Phi) is 7.63. The van der Waals surface area contributed by atoms with Crippen molar-refractivity contribution in [1.29, 1.82) is 0 Å². The third kappa shape index (κ3) is 5.00. The van der Waals surface area contributed by atoms with E-state index in [0.29, 0.717) is 41.5 Å². The summed E-state index contributed by atoms with van der Waals surface area (Å²) >= 11 is 10.2. The largest absolute Gasteiger partial charge is 0.495 e. The Morgan fingerprint density at radius 3 is 2.50 bits per heavy atom.